The van der Waals surface area contributed by atoms with Gasteiger partial charge < -0.3 is 4.74 Å². The van der Waals surface area contributed by atoms with Crippen LogP contribution in [0.4, 0.5) is 30.7 Å². The van der Waals surface area contributed by atoms with Gasteiger partial charge in [0.1, 0.15) is 0 Å². The zero-order chi connectivity index (χ0) is 19.1. The molecule has 0 fully saturated rings. The Morgan fingerprint density at radius 1 is 0.750 bits per heavy atom. The Morgan fingerprint density at radius 3 is 1.50 bits per heavy atom. The molecule has 0 aromatic carbocycles. The van der Waals surface area contributed by atoms with Gasteiger partial charge in [0, 0.05) is 5.75 Å². The average molecular weight is 394 g/mol. The van der Waals surface area contributed by atoms with Crippen molar-refractivity contribution < 1.29 is 48.0 Å². The summed E-state index contributed by atoms with van der Waals surface area (Å²) in [6.45, 7) is 4.38. The van der Waals surface area contributed by atoms with E-state index in [1.807, 2.05) is 0 Å². The van der Waals surface area contributed by atoms with Gasteiger partial charge >= 0.3 is 18.2 Å². The predicted molar refractivity (Wildman–Crippen MR) is 73.9 cm³/mol. The van der Waals surface area contributed by atoms with E-state index < -0.39 is 35.7 Å². The monoisotopic (exact) mass is 394 g/mol. The molecular formula is C12H21F7O4S. The first-order valence-corrected chi connectivity index (χ1v) is 8.67. The summed E-state index contributed by atoms with van der Waals surface area (Å²) in [7, 11) is -2.56. The van der Waals surface area contributed by atoms with Crippen molar-refractivity contribution >= 4 is 10.9 Å². The van der Waals surface area contributed by atoms with Gasteiger partial charge in [-0.15, -0.1) is 0 Å². The molecule has 0 saturated heterocycles. The molecule has 24 heavy (non-hydrogen) atoms. The van der Waals surface area contributed by atoms with Crippen molar-refractivity contribution in [3.63, 3.8) is 0 Å². The zero-order valence-corrected chi connectivity index (χ0v) is 14.2. The summed E-state index contributed by atoms with van der Waals surface area (Å²) in [6.07, 6.45) is -12.4. The SMILES string of the molecule is CCOS(CCCOC(F)(F)C(F)(F)C(F)(F)F)(OCC)OCC. The molecule has 0 amide bonds. The van der Waals surface area contributed by atoms with Gasteiger partial charge in [-0.3, -0.25) is 12.5 Å². The van der Waals surface area contributed by atoms with E-state index in [1.54, 1.807) is 20.8 Å². The van der Waals surface area contributed by atoms with Crippen molar-refractivity contribution in [3.8, 4) is 0 Å². The number of hydrogen-bond acceptors (Lipinski definition) is 4. The minimum Gasteiger partial charge on any atom is -0.315 e. The zero-order valence-electron chi connectivity index (χ0n) is 13.4. The standard InChI is InChI=1S/C12H21F7O4S/c1-4-21-24(22-5-2,23-6-3)9-7-8-20-12(18,19)10(13,14)11(15,16)17/h4-9H2,1-3H3. The van der Waals surface area contributed by atoms with Crippen LogP contribution < -0.4 is 0 Å². The lowest BCUT2D eigenvalue weighted by molar-refractivity contribution is -0.423. The summed E-state index contributed by atoms with van der Waals surface area (Å²) >= 11 is 0. The summed E-state index contributed by atoms with van der Waals surface area (Å²) in [6, 6.07) is 0. The molecule has 0 spiro atoms. The third-order valence-electron chi connectivity index (χ3n) is 2.44. The van der Waals surface area contributed by atoms with Gasteiger partial charge in [0.2, 0.25) is 0 Å². The van der Waals surface area contributed by atoms with Crippen LogP contribution in [0.1, 0.15) is 27.2 Å². The molecule has 12 heteroatoms. The largest absolute Gasteiger partial charge is 0.462 e. The first-order chi connectivity index (χ1) is 10.9. The Morgan fingerprint density at radius 2 is 1.17 bits per heavy atom. The number of alkyl halides is 7. The Labute approximate surface area is 137 Å². The lowest BCUT2D eigenvalue weighted by atomic mass is 10.3. The number of hydrogen-bond donors (Lipinski definition) is 0. The fraction of sp³-hybridized carbons (Fsp3) is 1.00. The minimum atomic E-state index is -6.42. The molecule has 0 aliphatic carbocycles. The summed E-state index contributed by atoms with van der Waals surface area (Å²) in [5.74, 6) is -6.40. The van der Waals surface area contributed by atoms with E-state index in [-0.39, 0.29) is 32.0 Å². The van der Waals surface area contributed by atoms with Crippen molar-refractivity contribution in [1.29, 1.82) is 0 Å². The highest BCUT2D eigenvalue weighted by Gasteiger charge is 2.74. The van der Waals surface area contributed by atoms with Crippen LogP contribution >= 0.6 is 10.9 Å². The number of ether oxygens (including phenoxy) is 1. The fourth-order valence-corrected chi connectivity index (χ4v) is 3.62. The third-order valence-corrected chi connectivity index (χ3v) is 5.01. The highest BCUT2D eigenvalue weighted by Crippen LogP contribution is 2.52. The van der Waals surface area contributed by atoms with Crippen LogP contribution in [0, 0.1) is 0 Å². The quantitative estimate of drug-likeness (QED) is 0.351. The van der Waals surface area contributed by atoms with E-state index in [4.69, 9.17) is 12.5 Å². The number of halogens is 7. The predicted octanol–water partition coefficient (Wildman–Crippen LogP) is 4.84. The van der Waals surface area contributed by atoms with Gasteiger partial charge in [-0.05, 0) is 27.2 Å². The summed E-state index contributed by atoms with van der Waals surface area (Å²) in [4.78, 5) is 0. The van der Waals surface area contributed by atoms with Crippen molar-refractivity contribution in [2.24, 2.45) is 0 Å². The van der Waals surface area contributed by atoms with Gasteiger partial charge in [0.25, 0.3) is 0 Å². The molecule has 0 saturated carbocycles. The third kappa shape index (κ3) is 6.21. The van der Waals surface area contributed by atoms with Crippen LogP contribution in [-0.2, 0) is 17.3 Å². The van der Waals surface area contributed by atoms with Gasteiger partial charge in [0.15, 0.2) is 0 Å². The summed E-state index contributed by atoms with van der Waals surface area (Å²) in [5, 5.41) is 0. The molecule has 0 radical (unpaired) electrons. The maximum Gasteiger partial charge on any atom is 0.462 e. The first-order valence-electron chi connectivity index (χ1n) is 7.09. The highest BCUT2D eigenvalue weighted by atomic mass is 32.3. The molecule has 0 bridgehead atoms. The van der Waals surface area contributed by atoms with Crippen LogP contribution in [0.2, 0.25) is 0 Å². The Bertz CT molecular complexity index is 345. The van der Waals surface area contributed by atoms with Crippen LogP contribution in [-0.4, -0.2) is 50.4 Å². The molecule has 0 unspecified atom stereocenters. The molecule has 0 aromatic heterocycles. The molecular weight excluding hydrogens is 373 g/mol. The molecule has 0 aliphatic rings. The fourth-order valence-electron chi connectivity index (χ4n) is 1.51. The van der Waals surface area contributed by atoms with Crippen LogP contribution in [0.3, 0.4) is 0 Å². The van der Waals surface area contributed by atoms with Crippen molar-refractivity contribution in [3.05, 3.63) is 0 Å². The second-order valence-corrected chi connectivity index (χ2v) is 6.50. The molecule has 0 aromatic rings. The molecule has 0 heterocycles. The van der Waals surface area contributed by atoms with Crippen LogP contribution in [0.25, 0.3) is 0 Å². The van der Waals surface area contributed by atoms with E-state index >= 15 is 0 Å². The minimum absolute atomic E-state index is 0.115. The number of rotatable bonds is 12. The normalized spacial score (nSPS) is 14.9. The van der Waals surface area contributed by atoms with Crippen molar-refractivity contribution in [2.75, 3.05) is 32.2 Å². The average Bonchev–Trinajstić information content (AvgIpc) is 2.43. The van der Waals surface area contributed by atoms with Crippen LogP contribution in [0.15, 0.2) is 0 Å². The molecule has 0 atom stereocenters. The second-order valence-electron chi connectivity index (χ2n) is 4.27. The molecule has 0 aliphatic heterocycles. The van der Waals surface area contributed by atoms with Gasteiger partial charge in [-0.2, -0.15) is 30.7 Å². The van der Waals surface area contributed by atoms with Crippen molar-refractivity contribution in [2.45, 2.75) is 45.4 Å². The van der Waals surface area contributed by atoms with E-state index in [9.17, 15) is 30.7 Å². The van der Waals surface area contributed by atoms with Crippen LogP contribution in [0.5, 0.6) is 0 Å². The molecule has 148 valence electrons. The molecule has 0 N–H and O–H groups in total. The Hall–Kier alpha value is -0.300. The van der Waals surface area contributed by atoms with Gasteiger partial charge in [0.05, 0.1) is 37.3 Å². The van der Waals surface area contributed by atoms with Gasteiger partial charge in [-0.1, -0.05) is 0 Å². The summed E-state index contributed by atoms with van der Waals surface area (Å²) < 4.78 is 107. The van der Waals surface area contributed by atoms with E-state index in [0.29, 0.717) is 0 Å². The van der Waals surface area contributed by atoms with Crippen molar-refractivity contribution in [1.82, 2.24) is 0 Å². The lowest BCUT2D eigenvalue weighted by Gasteiger charge is -2.37. The molecule has 0 rings (SSSR count). The van der Waals surface area contributed by atoms with Gasteiger partial charge in [-0.25, -0.2) is 0 Å². The Kier molecular flexibility index (Phi) is 9.29. The summed E-state index contributed by atoms with van der Waals surface area (Å²) in [5.41, 5.74) is 0. The topological polar surface area (TPSA) is 36.9 Å². The highest BCUT2D eigenvalue weighted by molar-refractivity contribution is 8.21. The van der Waals surface area contributed by atoms with E-state index in [0.717, 1.165) is 0 Å². The lowest BCUT2D eigenvalue weighted by Crippen LogP contribution is -2.53. The van der Waals surface area contributed by atoms with E-state index in [1.165, 1.54) is 0 Å². The van der Waals surface area contributed by atoms with E-state index in [2.05, 4.69) is 4.74 Å². The molecule has 4 nitrogen and oxygen atoms in total. The smallest absolute Gasteiger partial charge is 0.315 e. The first kappa shape index (κ1) is 23.7. The Balaban J connectivity index is 4.72. The maximum absolute atomic E-state index is 13.0. The maximum atomic E-state index is 13.0. The second kappa shape index (κ2) is 9.41.